The molecule has 0 bridgehead atoms. The molecule has 1 N–H and O–H groups in total. The van der Waals surface area contributed by atoms with Crippen molar-refractivity contribution in [3.05, 3.63) is 17.5 Å². The predicted molar refractivity (Wildman–Crippen MR) is 98.4 cm³/mol. The monoisotopic (exact) mass is 398 g/mol. The summed E-state index contributed by atoms with van der Waals surface area (Å²) in [5.74, 6) is 0.0228. The Morgan fingerprint density at radius 1 is 1.30 bits per heavy atom. The first-order valence-corrected chi connectivity index (χ1v) is 11.1. The van der Waals surface area contributed by atoms with Gasteiger partial charge in [0.1, 0.15) is 0 Å². The Morgan fingerprint density at radius 3 is 2.59 bits per heavy atom. The number of ether oxygens (including phenoxy) is 1. The summed E-state index contributed by atoms with van der Waals surface area (Å²) in [5, 5.41) is 7.25. The minimum Gasteiger partial charge on any atom is -0.450 e. The molecule has 2 aliphatic rings. The summed E-state index contributed by atoms with van der Waals surface area (Å²) in [6.07, 6.45) is 3.05. The lowest BCUT2D eigenvalue weighted by molar-refractivity contribution is 0.0859. The highest BCUT2D eigenvalue weighted by Crippen LogP contribution is 2.25. The van der Waals surface area contributed by atoms with Crippen LogP contribution in [-0.2, 0) is 14.6 Å². The van der Waals surface area contributed by atoms with E-state index in [-0.39, 0.29) is 35.6 Å². The van der Waals surface area contributed by atoms with Crippen LogP contribution in [0, 0.1) is 6.92 Å². The van der Waals surface area contributed by atoms with Crippen molar-refractivity contribution in [2.45, 2.75) is 45.2 Å². The van der Waals surface area contributed by atoms with E-state index >= 15 is 0 Å². The highest BCUT2D eigenvalue weighted by Gasteiger charge is 2.32. The smallest absolute Gasteiger partial charge is 0.409 e. The fraction of sp³-hybridized carbons (Fsp3) is 0.706. The molecule has 2 fully saturated rings. The maximum absolute atomic E-state index is 12.6. The van der Waals surface area contributed by atoms with Crippen LogP contribution in [0.25, 0.3) is 0 Å². The third-order valence-corrected chi connectivity index (χ3v) is 6.95. The van der Waals surface area contributed by atoms with Crippen LogP contribution in [0.15, 0.2) is 6.20 Å². The molecule has 1 atom stereocenters. The number of sulfone groups is 1. The van der Waals surface area contributed by atoms with Crippen LogP contribution in [0.2, 0.25) is 0 Å². The van der Waals surface area contributed by atoms with Gasteiger partial charge in [-0.2, -0.15) is 5.10 Å². The van der Waals surface area contributed by atoms with Gasteiger partial charge in [0.25, 0.3) is 5.91 Å². The van der Waals surface area contributed by atoms with Crippen molar-refractivity contribution < 1.29 is 22.7 Å². The first kappa shape index (κ1) is 19.7. The summed E-state index contributed by atoms with van der Waals surface area (Å²) in [4.78, 5) is 26.0. The molecule has 0 spiro atoms. The van der Waals surface area contributed by atoms with Gasteiger partial charge in [-0.15, -0.1) is 0 Å². The van der Waals surface area contributed by atoms with Crippen molar-refractivity contribution in [3.63, 3.8) is 0 Å². The molecule has 1 aromatic heterocycles. The van der Waals surface area contributed by atoms with E-state index in [0.29, 0.717) is 50.2 Å². The molecule has 1 aromatic rings. The quantitative estimate of drug-likeness (QED) is 0.807. The Balaban J connectivity index is 1.57. The minimum absolute atomic E-state index is 0.0159. The zero-order valence-electron chi connectivity index (χ0n) is 15.7. The second-order valence-electron chi connectivity index (χ2n) is 7.08. The average Bonchev–Trinajstić information content (AvgIpc) is 3.17. The van der Waals surface area contributed by atoms with Crippen molar-refractivity contribution in [3.8, 4) is 0 Å². The summed E-state index contributed by atoms with van der Waals surface area (Å²) >= 11 is 0. The van der Waals surface area contributed by atoms with Crippen molar-refractivity contribution in [2.24, 2.45) is 0 Å². The van der Waals surface area contributed by atoms with Gasteiger partial charge in [-0.1, -0.05) is 0 Å². The molecule has 2 amide bonds. The lowest BCUT2D eigenvalue weighted by Crippen LogP contribution is -2.46. The van der Waals surface area contributed by atoms with Crippen molar-refractivity contribution in [2.75, 3.05) is 31.2 Å². The minimum atomic E-state index is -3.01. The Kier molecular flexibility index (Phi) is 5.73. The Hall–Kier alpha value is -2.10. The molecular formula is C17H26N4O5S. The largest absolute Gasteiger partial charge is 0.450 e. The van der Waals surface area contributed by atoms with E-state index < -0.39 is 9.84 Å². The Morgan fingerprint density at radius 2 is 2.00 bits per heavy atom. The maximum Gasteiger partial charge on any atom is 0.409 e. The fourth-order valence-corrected chi connectivity index (χ4v) is 5.36. The van der Waals surface area contributed by atoms with Crippen LogP contribution in [0.1, 0.15) is 48.3 Å². The first-order chi connectivity index (χ1) is 12.8. The highest BCUT2D eigenvalue weighted by molar-refractivity contribution is 7.91. The Labute approximate surface area is 159 Å². The molecule has 150 valence electrons. The van der Waals surface area contributed by atoms with Crippen LogP contribution < -0.4 is 5.32 Å². The summed E-state index contributed by atoms with van der Waals surface area (Å²) in [6, 6.07) is -0.220. The Bertz CT molecular complexity index is 811. The first-order valence-electron chi connectivity index (χ1n) is 9.28. The number of amides is 2. The molecule has 3 rings (SSSR count). The molecule has 0 aromatic carbocycles. The topological polar surface area (TPSA) is 111 Å². The average molecular weight is 398 g/mol. The molecule has 10 heteroatoms. The van der Waals surface area contributed by atoms with Crippen LogP contribution >= 0.6 is 0 Å². The number of carbonyl (C=O) groups is 2. The standard InChI is InChI=1S/C17H26N4O5S/c1-3-26-17(23)20-7-4-13(5-8-20)19-16(22)15-10-18-21(12(15)2)14-6-9-27(24,25)11-14/h10,13-14H,3-9,11H2,1-2H3,(H,19,22). The second kappa shape index (κ2) is 7.87. The van der Waals surface area contributed by atoms with Gasteiger partial charge >= 0.3 is 6.09 Å². The summed E-state index contributed by atoms with van der Waals surface area (Å²) in [6.45, 7) is 5.00. The fourth-order valence-electron chi connectivity index (χ4n) is 3.67. The highest BCUT2D eigenvalue weighted by atomic mass is 32.2. The zero-order chi connectivity index (χ0) is 19.6. The maximum atomic E-state index is 12.6. The number of likely N-dealkylation sites (tertiary alicyclic amines) is 1. The van der Waals surface area contributed by atoms with Gasteiger partial charge in [0, 0.05) is 24.8 Å². The number of nitrogens with zero attached hydrogens (tertiary/aromatic N) is 3. The van der Waals surface area contributed by atoms with E-state index in [9.17, 15) is 18.0 Å². The lowest BCUT2D eigenvalue weighted by atomic mass is 10.0. The van der Waals surface area contributed by atoms with Gasteiger partial charge in [-0.3, -0.25) is 9.48 Å². The molecule has 2 aliphatic heterocycles. The molecule has 0 saturated carbocycles. The number of rotatable bonds is 4. The van der Waals surface area contributed by atoms with Gasteiger partial charge in [-0.25, -0.2) is 13.2 Å². The summed E-state index contributed by atoms with van der Waals surface area (Å²) < 4.78 is 30.0. The van der Waals surface area contributed by atoms with Crippen molar-refractivity contribution in [1.29, 1.82) is 0 Å². The normalized spacial score (nSPS) is 22.6. The van der Waals surface area contributed by atoms with E-state index in [1.54, 1.807) is 23.4 Å². The van der Waals surface area contributed by atoms with E-state index in [0.717, 1.165) is 0 Å². The predicted octanol–water partition coefficient (Wildman–Crippen LogP) is 0.902. The molecule has 9 nitrogen and oxygen atoms in total. The number of aromatic nitrogens is 2. The SMILES string of the molecule is CCOC(=O)N1CCC(NC(=O)c2cnn(C3CCS(=O)(=O)C3)c2C)CC1. The number of carbonyl (C=O) groups excluding carboxylic acids is 2. The molecule has 0 aliphatic carbocycles. The third kappa shape index (κ3) is 4.42. The van der Waals surface area contributed by atoms with Crippen molar-refractivity contribution >= 4 is 21.8 Å². The summed E-state index contributed by atoms with van der Waals surface area (Å²) in [5.41, 5.74) is 1.14. The van der Waals surface area contributed by atoms with Crippen LogP contribution in [0.5, 0.6) is 0 Å². The van der Waals surface area contributed by atoms with Gasteiger partial charge in [0.15, 0.2) is 9.84 Å². The van der Waals surface area contributed by atoms with E-state index in [4.69, 9.17) is 4.74 Å². The van der Waals surface area contributed by atoms with Gasteiger partial charge in [-0.05, 0) is 33.1 Å². The summed E-state index contributed by atoms with van der Waals surface area (Å²) in [7, 11) is -3.01. The van der Waals surface area contributed by atoms with E-state index in [1.165, 1.54) is 6.20 Å². The molecular weight excluding hydrogens is 372 g/mol. The number of hydrogen-bond acceptors (Lipinski definition) is 6. The molecule has 3 heterocycles. The number of nitrogens with one attached hydrogen (secondary N) is 1. The lowest BCUT2D eigenvalue weighted by Gasteiger charge is -2.31. The van der Waals surface area contributed by atoms with Gasteiger partial charge < -0.3 is 15.0 Å². The van der Waals surface area contributed by atoms with Gasteiger partial charge in [0.05, 0.1) is 35.9 Å². The van der Waals surface area contributed by atoms with Gasteiger partial charge in [0.2, 0.25) is 0 Å². The molecule has 1 unspecified atom stereocenters. The molecule has 2 saturated heterocycles. The molecule has 0 radical (unpaired) electrons. The van der Waals surface area contributed by atoms with E-state index in [2.05, 4.69) is 10.4 Å². The van der Waals surface area contributed by atoms with Crippen molar-refractivity contribution in [1.82, 2.24) is 20.0 Å². The zero-order valence-corrected chi connectivity index (χ0v) is 16.5. The number of hydrogen-bond donors (Lipinski definition) is 1. The van der Waals surface area contributed by atoms with Crippen LogP contribution in [0.3, 0.4) is 0 Å². The van der Waals surface area contributed by atoms with E-state index in [1.807, 2.05) is 0 Å². The third-order valence-electron chi connectivity index (χ3n) is 5.20. The number of piperidine rings is 1. The van der Waals surface area contributed by atoms with Crippen LogP contribution in [0.4, 0.5) is 4.79 Å². The second-order valence-corrected chi connectivity index (χ2v) is 9.31. The molecule has 27 heavy (non-hydrogen) atoms. The van der Waals surface area contributed by atoms with Crippen LogP contribution in [-0.4, -0.2) is 72.3 Å².